The number of hydrogen-bond donors (Lipinski definition) is 3. The highest BCUT2D eigenvalue weighted by molar-refractivity contribution is 7.99. The van der Waals surface area contributed by atoms with E-state index >= 15 is 0 Å². The zero-order chi connectivity index (χ0) is 35.7. The molecule has 1 aliphatic carbocycles. The van der Waals surface area contributed by atoms with Gasteiger partial charge in [-0.2, -0.15) is 11.8 Å². The number of nitrogens with zero attached hydrogens (tertiary/aromatic N) is 1. The quantitative estimate of drug-likeness (QED) is 0.113. The van der Waals surface area contributed by atoms with Gasteiger partial charge in [-0.3, -0.25) is 4.79 Å². The zero-order valence-corrected chi connectivity index (χ0v) is 30.6. The minimum atomic E-state index is -0.911. The van der Waals surface area contributed by atoms with Gasteiger partial charge in [0.05, 0.1) is 23.2 Å². The fraction of sp³-hybridized carbons (Fsp3) is 0.302. The Morgan fingerprint density at radius 1 is 0.940 bits per heavy atom. The maximum Gasteiger partial charge on any atom is 0.303 e. The van der Waals surface area contributed by atoms with Crippen molar-refractivity contribution in [1.29, 1.82) is 0 Å². The number of benzene rings is 4. The maximum absolute atomic E-state index is 11.5. The molecule has 1 unspecified atom stereocenters. The van der Waals surface area contributed by atoms with Gasteiger partial charge in [0.25, 0.3) is 0 Å². The van der Waals surface area contributed by atoms with Gasteiger partial charge >= 0.3 is 5.97 Å². The van der Waals surface area contributed by atoms with Crippen molar-refractivity contribution in [2.24, 2.45) is 11.1 Å². The first kappa shape index (κ1) is 37.3. The minimum absolute atomic E-state index is 0.0814. The lowest BCUT2D eigenvalue weighted by Gasteiger charge is -2.24. The van der Waals surface area contributed by atoms with Crippen LogP contribution < -0.4 is 5.73 Å². The Morgan fingerprint density at radius 3 is 2.32 bits per heavy atom. The third-order valence-electron chi connectivity index (χ3n) is 9.16. The van der Waals surface area contributed by atoms with Crippen LogP contribution >= 0.6 is 23.4 Å². The van der Waals surface area contributed by atoms with Gasteiger partial charge in [0.15, 0.2) is 0 Å². The average molecular weight is 707 g/mol. The van der Waals surface area contributed by atoms with Crippen LogP contribution in [0.2, 0.25) is 5.02 Å². The lowest BCUT2D eigenvalue weighted by molar-refractivity contribution is -0.138. The van der Waals surface area contributed by atoms with Crippen LogP contribution in [0.5, 0.6) is 0 Å². The van der Waals surface area contributed by atoms with Crippen LogP contribution in [0.25, 0.3) is 23.1 Å². The first-order valence-electron chi connectivity index (χ1n) is 17.2. The van der Waals surface area contributed by atoms with Gasteiger partial charge in [-0.15, -0.1) is 0 Å². The number of carbonyl (C=O) groups is 1. The van der Waals surface area contributed by atoms with Crippen LogP contribution in [0.3, 0.4) is 0 Å². The Kier molecular flexibility index (Phi) is 12.6. The molecule has 7 heteroatoms. The van der Waals surface area contributed by atoms with Gasteiger partial charge in [0.2, 0.25) is 0 Å². The number of halogens is 1. The van der Waals surface area contributed by atoms with E-state index in [1.165, 1.54) is 11.1 Å². The summed E-state index contributed by atoms with van der Waals surface area (Å²) in [6, 6.07) is 36.7. The summed E-state index contributed by atoms with van der Waals surface area (Å²) in [7, 11) is 0. The molecule has 5 nitrogen and oxygen atoms in total. The van der Waals surface area contributed by atoms with E-state index in [-0.39, 0.29) is 23.1 Å². The van der Waals surface area contributed by atoms with Gasteiger partial charge in [0.1, 0.15) is 0 Å². The van der Waals surface area contributed by atoms with E-state index in [0.717, 1.165) is 64.7 Å². The number of aliphatic carboxylic acids is 1. The number of fused-ring (bicyclic) bond motifs is 1. The summed E-state index contributed by atoms with van der Waals surface area (Å²) in [5.41, 5.74) is 12.0. The molecular weight excluding hydrogens is 660 g/mol. The predicted octanol–water partition coefficient (Wildman–Crippen LogP) is 10.7. The van der Waals surface area contributed by atoms with Crippen molar-refractivity contribution in [1.82, 2.24) is 4.98 Å². The van der Waals surface area contributed by atoms with Crippen LogP contribution in [0.4, 0.5) is 0 Å². The highest BCUT2D eigenvalue weighted by Gasteiger charge is 2.44. The fourth-order valence-electron chi connectivity index (χ4n) is 6.12. The molecule has 6 rings (SSSR count). The molecule has 0 aliphatic heterocycles. The van der Waals surface area contributed by atoms with Crippen molar-refractivity contribution in [2.75, 3.05) is 5.75 Å². The summed E-state index contributed by atoms with van der Waals surface area (Å²) in [5.74, 6) is 0.122. The van der Waals surface area contributed by atoms with E-state index in [9.17, 15) is 15.0 Å². The lowest BCUT2D eigenvalue weighted by atomic mass is 9.90. The SMILES string of the molecule is CC(C)(O)c1ccccc1CC[C@@H](SCC1(CC(=O)O)CC1)c1cccc(/C=C/c2ccc3ccc(Cl)cc3n2)c1.CC(N)c1ccccc1. The molecule has 0 amide bonds. The van der Waals surface area contributed by atoms with Crippen LogP contribution in [-0.4, -0.2) is 26.9 Å². The van der Waals surface area contributed by atoms with Crippen molar-refractivity contribution >= 4 is 52.4 Å². The van der Waals surface area contributed by atoms with Crippen LogP contribution in [0.15, 0.2) is 109 Å². The summed E-state index contributed by atoms with van der Waals surface area (Å²) in [5, 5.41) is 22.1. The van der Waals surface area contributed by atoms with E-state index in [4.69, 9.17) is 22.3 Å². The number of thioether (sulfide) groups is 1. The first-order chi connectivity index (χ1) is 23.9. The second-order valence-electron chi connectivity index (χ2n) is 13.9. The standard InChI is InChI=1S/C35H36ClNO3S.C8H11N/c1-34(2,40)30-9-4-3-7-25(30)13-17-32(41-23-35(18-19-35)22-33(38)39)27-8-5-6-24(20-27)10-15-29-16-12-26-11-14-28(36)21-31(26)37-29;1-7(9)8-5-3-2-4-6-8/h3-12,14-16,20-21,32,40H,13,17-19,22-23H2,1-2H3,(H,38,39);2-7H,9H2,1H3/b15-10+;/t32-;/m1./s1. The molecule has 0 radical (unpaired) electrons. The molecule has 4 aromatic carbocycles. The Morgan fingerprint density at radius 2 is 1.64 bits per heavy atom. The summed E-state index contributed by atoms with van der Waals surface area (Å²) in [6.07, 6.45) is 8.02. The summed E-state index contributed by atoms with van der Waals surface area (Å²) >= 11 is 8.04. The van der Waals surface area contributed by atoms with Gasteiger partial charge < -0.3 is 15.9 Å². The second kappa shape index (κ2) is 16.8. The van der Waals surface area contributed by atoms with Crippen LogP contribution in [-0.2, 0) is 16.8 Å². The number of rotatable bonds is 13. The summed E-state index contributed by atoms with van der Waals surface area (Å²) < 4.78 is 0. The zero-order valence-electron chi connectivity index (χ0n) is 29.1. The van der Waals surface area contributed by atoms with Crippen LogP contribution in [0.1, 0.15) is 91.3 Å². The molecule has 260 valence electrons. The number of carboxylic acid groups (broad SMARTS) is 1. The molecule has 0 bridgehead atoms. The van der Waals surface area contributed by atoms with Gasteiger partial charge in [-0.1, -0.05) is 109 Å². The topological polar surface area (TPSA) is 96.4 Å². The third-order valence-corrected chi connectivity index (χ3v) is 11.1. The number of hydrogen-bond acceptors (Lipinski definition) is 5. The second-order valence-corrected chi connectivity index (χ2v) is 15.5. The van der Waals surface area contributed by atoms with Crippen molar-refractivity contribution in [3.8, 4) is 0 Å². The summed E-state index contributed by atoms with van der Waals surface area (Å²) in [4.78, 5) is 16.2. The number of carboxylic acids is 1. The third kappa shape index (κ3) is 10.8. The molecule has 0 saturated heterocycles. The molecule has 50 heavy (non-hydrogen) atoms. The highest BCUT2D eigenvalue weighted by atomic mass is 35.5. The van der Waals surface area contributed by atoms with E-state index < -0.39 is 11.6 Å². The van der Waals surface area contributed by atoms with Crippen molar-refractivity contribution < 1.29 is 15.0 Å². The Labute approximate surface area is 305 Å². The molecule has 5 aromatic rings. The molecule has 1 aliphatic rings. The molecule has 0 spiro atoms. The van der Waals surface area contributed by atoms with Gasteiger partial charge in [-0.25, -0.2) is 4.98 Å². The minimum Gasteiger partial charge on any atom is -0.481 e. The number of aliphatic hydroxyl groups is 1. The van der Waals surface area contributed by atoms with Crippen molar-refractivity contribution in [3.05, 3.63) is 148 Å². The monoisotopic (exact) mass is 706 g/mol. The number of pyridine rings is 1. The smallest absolute Gasteiger partial charge is 0.303 e. The van der Waals surface area contributed by atoms with E-state index in [2.05, 4.69) is 42.5 Å². The molecule has 1 aromatic heterocycles. The average Bonchev–Trinajstić information content (AvgIpc) is 3.86. The maximum atomic E-state index is 11.5. The van der Waals surface area contributed by atoms with Crippen molar-refractivity contribution in [2.45, 2.75) is 69.8 Å². The Bertz CT molecular complexity index is 1920. The highest BCUT2D eigenvalue weighted by Crippen LogP contribution is 2.53. The van der Waals surface area contributed by atoms with E-state index in [1.54, 1.807) is 0 Å². The lowest BCUT2D eigenvalue weighted by Crippen LogP contribution is -2.18. The number of aryl methyl sites for hydroxylation is 1. The Balaban J connectivity index is 0.000000470. The normalized spacial score (nSPS) is 14.9. The van der Waals surface area contributed by atoms with Crippen molar-refractivity contribution in [3.63, 3.8) is 0 Å². The molecule has 4 N–H and O–H groups in total. The van der Waals surface area contributed by atoms with Gasteiger partial charge in [-0.05, 0) is 104 Å². The van der Waals surface area contributed by atoms with Crippen LogP contribution in [0, 0.1) is 5.41 Å². The van der Waals surface area contributed by atoms with E-state index in [1.807, 2.05) is 111 Å². The molecule has 1 saturated carbocycles. The molecular formula is C43H47ClN2O3S. The van der Waals surface area contributed by atoms with Gasteiger partial charge in [0, 0.05) is 27.5 Å². The molecule has 2 atom stereocenters. The fourth-order valence-corrected chi connectivity index (χ4v) is 7.85. The molecule has 1 heterocycles. The summed E-state index contributed by atoms with van der Waals surface area (Å²) in [6.45, 7) is 5.64. The first-order valence-corrected chi connectivity index (χ1v) is 18.6. The number of nitrogens with two attached hydrogens (primary N) is 1. The largest absolute Gasteiger partial charge is 0.481 e. The number of aromatic nitrogens is 1. The Hall–Kier alpha value is -3.94. The molecule has 1 fully saturated rings. The van der Waals surface area contributed by atoms with E-state index in [0.29, 0.717) is 5.02 Å². The predicted molar refractivity (Wildman–Crippen MR) is 210 cm³/mol.